The van der Waals surface area contributed by atoms with Crippen LogP contribution < -0.4 is 9.62 Å². The van der Waals surface area contributed by atoms with Crippen molar-refractivity contribution in [2.45, 2.75) is 43.9 Å². The lowest BCUT2D eigenvalue weighted by Crippen LogP contribution is -2.23. The van der Waals surface area contributed by atoms with Crippen molar-refractivity contribution in [1.82, 2.24) is 4.98 Å². The van der Waals surface area contributed by atoms with Gasteiger partial charge in [0, 0.05) is 24.1 Å². The number of carbonyl (C=O) groups is 1. The summed E-state index contributed by atoms with van der Waals surface area (Å²) in [4.78, 5) is 18.1. The maximum absolute atomic E-state index is 12.8. The minimum absolute atomic E-state index is 0.0641. The monoisotopic (exact) mass is 413 g/mol. The third-order valence-corrected chi connectivity index (χ3v) is 6.21. The minimum Gasteiger partial charge on any atom is -0.440 e. The highest BCUT2D eigenvalue weighted by Crippen LogP contribution is 2.28. The lowest BCUT2D eigenvalue weighted by Gasteiger charge is -2.16. The molecule has 1 aromatic heterocycles. The van der Waals surface area contributed by atoms with Crippen LogP contribution in [0.2, 0.25) is 0 Å². The largest absolute Gasteiger partial charge is 0.440 e. The Kier molecular flexibility index (Phi) is 4.61. The van der Waals surface area contributed by atoms with Crippen molar-refractivity contribution in [1.29, 1.82) is 0 Å². The van der Waals surface area contributed by atoms with Crippen molar-refractivity contribution in [3.8, 4) is 0 Å². The number of fused-ring (bicyclic) bond motifs is 1. The Morgan fingerprint density at radius 1 is 1.10 bits per heavy atom. The van der Waals surface area contributed by atoms with Crippen LogP contribution in [-0.2, 0) is 20.2 Å². The average molecular weight is 413 g/mol. The van der Waals surface area contributed by atoms with E-state index in [4.69, 9.17) is 4.42 Å². The summed E-state index contributed by atoms with van der Waals surface area (Å²) >= 11 is 0. The van der Waals surface area contributed by atoms with Gasteiger partial charge in [0.2, 0.25) is 11.8 Å². The van der Waals surface area contributed by atoms with E-state index in [0.29, 0.717) is 41.3 Å². The normalized spacial score (nSPS) is 15.3. The van der Waals surface area contributed by atoms with Gasteiger partial charge in [0.15, 0.2) is 5.58 Å². The molecule has 1 N–H and O–H groups in total. The standard InChI is InChI=1S/C21H23N3O4S/c1-21(2,3)20-22-17-13-14(6-11-18(17)28-20)23-29(26,27)16-9-7-15(8-10-16)24-12-4-5-19(24)25/h6-11,13,23H,4-5,12H2,1-3H3. The number of amides is 1. The van der Waals surface area contributed by atoms with Gasteiger partial charge in [-0.3, -0.25) is 9.52 Å². The second-order valence-electron chi connectivity index (χ2n) is 8.20. The predicted octanol–water partition coefficient (Wildman–Crippen LogP) is 4.05. The van der Waals surface area contributed by atoms with Crippen LogP contribution in [0.25, 0.3) is 11.1 Å². The number of hydrogen-bond donors (Lipinski definition) is 1. The molecule has 1 fully saturated rings. The van der Waals surface area contributed by atoms with E-state index in [1.54, 1.807) is 35.2 Å². The van der Waals surface area contributed by atoms with E-state index in [1.165, 1.54) is 12.1 Å². The van der Waals surface area contributed by atoms with Crippen LogP contribution in [0.4, 0.5) is 11.4 Å². The first-order chi connectivity index (χ1) is 13.6. The molecule has 8 heteroatoms. The second-order valence-corrected chi connectivity index (χ2v) is 9.88. The predicted molar refractivity (Wildman–Crippen MR) is 112 cm³/mol. The molecule has 0 spiro atoms. The summed E-state index contributed by atoms with van der Waals surface area (Å²) < 4.78 is 33.9. The van der Waals surface area contributed by atoms with E-state index in [9.17, 15) is 13.2 Å². The Morgan fingerprint density at radius 2 is 1.83 bits per heavy atom. The highest BCUT2D eigenvalue weighted by atomic mass is 32.2. The number of nitrogens with one attached hydrogen (secondary N) is 1. The molecule has 7 nitrogen and oxygen atoms in total. The molecule has 2 aromatic carbocycles. The summed E-state index contributed by atoms with van der Waals surface area (Å²) in [6.07, 6.45) is 1.35. The summed E-state index contributed by atoms with van der Waals surface area (Å²) in [5, 5.41) is 0. The van der Waals surface area contributed by atoms with E-state index < -0.39 is 10.0 Å². The lowest BCUT2D eigenvalue weighted by molar-refractivity contribution is -0.117. The van der Waals surface area contributed by atoms with Crippen LogP contribution in [0.15, 0.2) is 51.8 Å². The fourth-order valence-corrected chi connectivity index (χ4v) is 4.30. The van der Waals surface area contributed by atoms with Crippen molar-refractivity contribution < 1.29 is 17.6 Å². The van der Waals surface area contributed by atoms with Gasteiger partial charge in [-0.25, -0.2) is 13.4 Å². The smallest absolute Gasteiger partial charge is 0.261 e. The van der Waals surface area contributed by atoms with Crippen molar-refractivity contribution in [2.24, 2.45) is 0 Å². The van der Waals surface area contributed by atoms with Gasteiger partial charge in [0.25, 0.3) is 10.0 Å². The number of aromatic nitrogens is 1. The van der Waals surface area contributed by atoms with Gasteiger partial charge in [0.1, 0.15) is 5.52 Å². The summed E-state index contributed by atoms with van der Waals surface area (Å²) in [6, 6.07) is 11.4. The molecule has 1 amide bonds. The Balaban J connectivity index is 1.57. The molecular weight excluding hydrogens is 390 g/mol. The zero-order valence-corrected chi connectivity index (χ0v) is 17.4. The molecule has 4 rings (SSSR count). The zero-order valence-electron chi connectivity index (χ0n) is 16.6. The van der Waals surface area contributed by atoms with Crippen LogP contribution in [0, 0.1) is 0 Å². The van der Waals surface area contributed by atoms with E-state index in [-0.39, 0.29) is 16.2 Å². The van der Waals surface area contributed by atoms with Gasteiger partial charge in [-0.05, 0) is 48.9 Å². The summed E-state index contributed by atoms with van der Waals surface area (Å²) in [6.45, 7) is 6.67. The third-order valence-electron chi connectivity index (χ3n) is 4.81. The molecule has 29 heavy (non-hydrogen) atoms. The van der Waals surface area contributed by atoms with Gasteiger partial charge < -0.3 is 9.32 Å². The number of nitrogens with zero attached hydrogens (tertiary/aromatic N) is 2. The van der Waals surface area contributed by atoms with E-state index in [0.717, 1.165) is 6.42 Å². The Labute approximate surface area is 169 Å². The number of oxazole rings is 1. The van der Waals surface area contributed by atoms with Gasteiger partial charge >= 0.3 is 0 Å². The average Bonchev–Trinajstić information content (AvgIpc) is 3.27. The van der Waals surface area contributed by atoms with E-state index in [1.807, 2.05) is 20.8 Å². The maximum Gasteiger partial charge on any atom is 0.261 e. The first-order valence-corrected chi connectivity index (χ1v) is 11.0. The number of carbonyl (C=O) groups excluding carboxylic acids is 1. The number of sulfonamides is 1. The van der Waals surface area contributed by atoms with Gasteiger partial charge in [-0.1, -0.05) is 20.8 Å². The minimum atomic E-state index is -3.77. The number of benzene rings is 2. The zero-order chi connectivity index (χ0) is 20.8. The van der Waals surface area contributed by atoms with Crippen molar-refractivity contribution in [3.63, 3.8) is 0 Å². The fourth-order valence-electron chi connectivity index (χ4n) is 3.25. The highest BCUT2D eigenvalue weighted by Gasteiger charge is 2.23. The topological polar surface area (TPSA) is 92.5 Å². The maximum atomic E-state index is 12.8. The molecule has 3 aromatic rings. The highest BCUT2D eigenvalue weighted by molar-refractivity contribution is 7.92. The summed E-state index contributed by atoms with van der Waals surface area (Å²) in [7, 11) is -3.77. The Morgan fingerprint density at radius 3 is 2.45 bits per heavy atom. The van der Waals surface area contributed by atoms with E-state index >= 15 is 0 Å². The quantitative estimate of drug-likeness (QED) is 0.696. The molecule has 1 aliphatic heterocycles. The molecule has 152 valence electrons. The molecule has 2 heterocycles. The van der Waals surface area contributed by atoms with Crippen LogP contribution in [0.3, 0.4) is 0 Å². The first-order valence-electron chi connectivity index (χ1n) is 9.48. The molecule has 0 aliphatic carbocycles. The lowest BCUT2D eigenvalue weighted by atomic mass is 9.97. The number of hydrogen-bond acceptors (Lipinski definition) is 5. The van der Waals surface area contributed by atoms with Gasteiger partial charge in [-0.15, -0.1) is 0 Å². The molecule has 1 saturated heterocycles. The summed E-state index contributed by atoms with van der Waals surface area (Å²) in [5.74, 6) is 0.661. The molecule has 0 saturated carbocycles. The van der Waals surface area contributed by atoms with Crippen LogP contribution >= 0.6 is 0 Å². The SMILES string of the molecule is CC(C)(C)c1nc2cc(NS(=O)(=O)c3ccc(N4CCCC4=O)cc3)ccc2o1. The molecule has 0 bridgehead atoms. The fraction of sp³-hybridized carbons (Fsp3) is 0.333. The first kappa shape index (κ1) is 19.4. The summed E-state index contributed by atoms with van der Waals surface area (Å²) in [5.41, 5.74) is 2.09. The molecule has 0 radical (unpaired) electrons. The number of rotatable bonds is 4. The van der Waals surface area contributed by atoms with Crippen LogP contribution in [-0.4, -0.2) is 25.9 Å². The van der Waals surface area contributed by atoms with Crippen LogP contribution in [0.5, 0.6) is 0 Å². The molecular formula is C21H23N3O4S. The second kappa shape index (κ2) is 6.88. The third kappa shape index (κ3) is 3.85. The van der Waals surface area contributed by atoms with E-state index in [2.05, 4.69) is 9.71 Å². The van der Waals surface area contributed by atoms with Gasteiger partial charge in [0.05, 0.1) is 10.6 Å². The Bertz CT molecular complexity index is 1170. The molecule has 1 aliphatic rings. The van der Waals surface area contributed by atoms with Gasteiger partial charge in [-0.2, -0.15) is 0 Å². The molecule has 0 atom stereocenters. The van der Waals surface area contributed by atoms with Crippen LogP contribution in [0.1, 0.15) is 39.5 Å². The molecule has 0 unspecified atom stereocenters. The van der Waals surface area contributed by atoms with Crippen molar-refractivity contribution in [2.75, 3.05) is 16.2 Å². The van der Waals surface area contributed by atoms with Crippen molar-refractivity contribution >= 4 is 38.4 Å². The van der Waals surface area contributed by atoms with Crippen molar-refractivity contribution in [3.05, 3.63) is 48.4 Å². The Hall–Kier alpha value is -2.87. The number of anilines is 2.